The smallest absolute Gasteiger partial charge is 0.333 e. The van der Waals surface area contributed by atoms with Gasteiger partial charge in [0.15, 0.2) is 17.0 Å². The zero-order chi connectivity index (χ0) is 45.1. The number of carbonyl (C=O) groups is 2. The molecule has 338 valence electrons. The SMILES string of the molecule is COC(=O)C(C)=CCC12OC(C)(C)C3CC(C1=O)C1C4C(=Nc5ncnn51)c1c(O[C@H]5O[C@@H](CO)[C@H](O)[C@@H](O)[C@@H]5O)c5c(c(CC=C(C)C)c1OC432)OC(C)(CCC=C(C)C)C=C5. The van der Waals surface area contributed by atoms with Gasteiger partial charge in [0.05, 0.1) is 48.1 Å². The number of Topliss-reactive ketones (excluding diaryl/α,β-unsaturated/α-hetero) is 1. The van der Waals surface area contributed by atoms with Gasteiger partial charge in [0.2, 0.25) is 12.2 Å². The highest BCUT2D eigenvalue weighted by molar-refractivity contribution is 6.14. The summed E-state index contributed by atoms with van der Waals surface area (Å²) in [6.45, 7) is 15.0. The van der Waals surface area contributed by atoms with Crippen molar-refractivity contribution >= 4 is 29.5 Å². The van der Waals surface area contributed by atoms with Crippen molar-refractivity contribution in [3.05, 3.63) is 64.0 Å². The van der Waals surface area contributed by atoms with Gasteiger partial charge in [-0.05, 0) is 93.2 Å². The summed E-state index contributed by atoms with van der Waals surface area (Å²) < 4.78 is 41.7. The summed E-state index contributed by atoms with van der Waals surface area (Å²) in [5.74, 6) is -1.18. The Labute approximate surface area is 366 Å². The Morgan fingerprint density at radius 3 is 2.44 bits per heavy atom. The predicted octanol–water partition coefficient (Wildman–Crippen LogP) is 4.57. The van der Waals surface area contributed by atoms with E-state index in [1.165, 1.54) is 19.0 Å². The van der Waals surface area contributed by atoms with E-state index in [1.807, 2.05) is 60.6 Å². The largest absolute Gasteiger partial charge is 0.482 e. The first kappa shape index (κ1) is 43.5. The first-order chi connectivity index (χ1) is 29.8. The van der Waals surface area contributed by atoms with Crippen LogP contribution in [0, 0.1) is 17.8 Å². The third kappa shape index (κ3) is 6.33. The number of aliphatic imine (C=N–C) groups is 1. The number of allylic oxidation sites excluding steroid dienone is 4. The number of esters is 1. The highest BCUT2D eigenvalue weighted by Crippen LogP contribution is 2.73. The third-order valence-corrected chi connectivity index (χ3v) is 14.4. The summed E-state index contributed by atoms with van der Waals surface area (Å²) >= 11 is 0. The van der Waals surface area contributed by atoms with E-state index in [9.17, 15) is 25.2 Å². The second-order valence-corrected chi connectivity index (χ2v) is 19.4. The van der Waals surface area contributed by atoms with Crippen LogP contribution in [0.1, 0.15) is 104 Å². The van der Waals surface area contributed by atoms with E-state index in [-0.39, 0.29) is 29.8 Å². The fourth-order valence-corrected chi connectivity index (χ4v) is 11.4. The van der Waals surface area contributed by atoms with Crippen LogP contribution in [0.15, 0.2) is 52.3 Å². The number of rotatable bonds is 11. The van der Waals surface area contributed by atoms with Crippen LogP contribution < -0.4 is 14.2 Å². The fourth-order valence-electron chi connectivity index (χ4n) is 11.4. The molecule has 10 rings (SSSR count). The number of hydrogen-bond donors (Lipinski definition) is 4. The summed E-state index contributed by atoms with van der Waals surface area (Å²) in [7, 11) is 1.31. The zero-order valence-corrected chi connectivity index (χ0v) is 37.2. The molecule has 16 heteroatoms. The number of aromatic nitrogens is 3. The number of ether oxygens (including phenoxy) is 6. The molecule has 8 aliphatic rings. The van der Waals surface area contributed by atoms with Gasteiger partial charge in [-0.25, -0.2) is 14.5 Å². The van der Waals surface area contributed by atoms with E-state index in [2.05, 4.69) is 22.2 Å². The van der Waals surface area contributed by atoms with Crippen molar-refractivity contribution in [1.29, 1.82) is 0 Å². The Morgan fingerprint density at radius 2 is 1.75 bits per heavy atom. The first-order valence-electron chi connectivity index (χ1n) is 21.8. The number of aliphatic hydroxyl groups excluding tert-OH is 4. The van der Waals surface area contributed by atoms with Gasteiger partial charge >= 0.3 is 5.97 Å². The maximum atomic E-state index is 15.5. The molecule has 16 nitrogen and oxygen atoms in total. The van der Waals surface area contributed by atoms with Crippen molar-refractivity contribution in [2.45, 2.75) is 147 Å². The lowest BCUT2D eigenvalue weighted by Gasteiger charge is -2.64. The Balaban J connectivity index is 1.35. The summed E-state index contributed by atoms with van der Waals surface area (Å²) in [6, 6.07) is -0.606. The molecule has 6 heterocycles. The van der Waals surface area contributed by atoms with Crippen molar-refractivity contribution < 1.29 is 58.4 Å². The van der Waals surface area contributed by atoms with Crippen LogP contribution in [0.3, 0.4) is 0 Å². The number of methoxy groups -OCH3 is 1. The number of carbonyl (C=O) groups excluding carboxylic acids is 2. The van der Waals surface area contributed by atoms with Gasteiger partial charge in [0.25, 0.3) is 0 Å². The molecule has 2 saturated heterocycles. The number of fused-ring (bicyclic) bond motifs is 4. The molecule has 2 aromatic rings. The van der Waals surface area contributed by atoms with Gasteiger partial charge in [-0.15, -0.1) is 0 Å². The molecule has 4 bridgehead atoms. The molecule has 0 radical (unpaired) electrons. The quantitative estimate of drug-likeness (QED) is 0.138. The van der Waals surface area contributed by atoms with Crippen LogP contribution in [0.5, 0.6) is 17.2 Å². The Kier molecular flexibility index (Phi) is 10.5. The number of nitrogens with zero attached hydrogens (tertiary/aromatic N) is 4. The Hall–Kier alpha value is -4.71. The molecule has 12 atom stereocenters. The minimum atomic E-state index is -1.75. The molecule has 63 heavy (non-hydrogen) atoms. The fraction of sp³-hybridized carbons (Fsp3) is 0.596. The van der Waals surface area contributed by atoms with Crippen LogP contribution in [0.4, 0.5) is 5.95 Å². The van der Waals surface area contributed by atoms with Crippen molar-refractivity contribution in [2.24, 2.45) is 22.7 Å². The van der Waals surface area contributed by atoms with E-state index in [1.54, 1.807) is 17.7 Å². The molecule has 0 amide bonds. The molecule has 3 saturated carbocycles. The van der Waals surface area contributed by atoms with Gasteiger partial charge in [0, 0.05) is 29.4 Å². The molecular formula is C47H58N4O12. The molecule has 5 aliphatic heterocycles. The maximum absolute atomic E-state index is 15.5. The maximum Gasteiger partial charge on any atom is 0.333 e. The van der Waals surface area contributed by atoms with Gasteiger partial charge in [-0.2, -0.15) is 10.1 Å². The molecule has 1 aromatic carbocycles. The number of ketones is 1. The topological polar surface area (TPSA) is 214 Å². The molecule has 3 aliphatic carbocycles. The number of hydrogen-bond acceptors (Lipinski definition) is 15. The van der Waals surface area contributed by atoms with Gasteiger partial charge in [-0.1, -0.05) is 29.4 Å². The van der Waals surface area contributed by atoms with Crippen LogP contribution in [-0.2, 0) is 30.2 Å². The predicted molar refractivity (Wildman–Crippen MR) is 228 cm³/mol. The Morgan fingerprint density at radius 1 is 1.00 bits per heavy atom. The molecule has 7 unspecified atom stereocenters. The molecule has 1 aromatic heterocycles. The second kappa shape index (κ2) is 15.2. The van der Waals surface area contributed by atoms with E-state index >= 15 is 4.79 Å². The molecule has 5 fully saturated rings. The van der Waals surface area contributed by atoms with Crippen molar-refractivity contribution in [3.8, 4) is 17.2 Å². The van der Waals surface area contributed by atoms with Crippen LogP contribution in [0.2, 0.25) is 0 Å². The van der Waals surface area contributed by atoms with Crippen LogP contribution in [-0.4, -0.2) is 119 Å². The summed E-state index contributed by atoms with van der Waals surface area (Å²) in [5, 5.41) is 48.0. The van der Waals surface area contributed by atoms with E-state index < -0.39 is 83.6 Å². The standard InChI is InChI=1S/C47H58N4O12/c1-22(2)11-10-16-45(8)17-15-26-37(61-45)25(13-12-23(3)4)39-30(38(26)60-42-36(55)35(54)34(53)28(20-52)59-42)32-31-33(51-43(50-32)48-21-49-51)27-19-29-44(6,7)63-46(40(27)56,47(29,31)62-39)18-14-24(5)41(57)58-9/h11-12,14-15,17,21,27-29,31,33-36,42,52-55H,10,13,16,18-20H2,1-9H3/t27?,28-,29?,31?,33?,34-,35+,36-,42+,45?,46?,47?/m0/s1. The minimum absolute atomic E-state index is 0.00336. The highest BCUT2D eigenvalue weighted by Gasteiger charge is 2.86. The van der Waals surface area contributed by atoms with E-state index in [0.29, 0.717) is 58.7 Å². The number of aliphatic hydroxyl groups is 4. The lowest BCUT2D eigenvalue weighted by molar-refractivity contribution is -0.277. The second-order valence-electron chi connectivity index (χ2n) is 19.4. The lowest BCUT2D eigenvalue weighted by atomic mass is 9.44. The van der Waals surface area contributed by atoms with Crippen LogP contribution >= 0.6 is 0 Å². The number of benzene rings is 1. The van der Waals surface area contributed by atoms with Crippen molar-refractivity contribution in [1.82, 2.24) is 14.8 Å². The summed E-state index contributed by atoms with van der Waals surface area (Å²) in [6.07, 6.45) is 5.42. The van der Waals surface area contributed by atoms with Gasteiger partial charge in [0.1, 0.15) is 53.6 Å². The van der Waals surface area contributed by atoms with E-state index in [0.717, 1.165) is 12.0 Å². The minimum Gasteiger partial charge on any atom is -0.482 e. The van der Waals surface area contributed by atoms with Crippen LogP contribution in [0.25, 0.3) is 6.08 Å². The highest BCUT2D eigenvalue weighted by atomic mass is 16.7. The first-order valence-corrected chi connectivity index (χ1v) is 21.8. The summed E-state index contributed by atoms with van der Waals surface area (Å²) in [5.41, 5.74) is -0.157. The van der Waals surface area contributed by atoms with Crippen molar-refractivity contribution in [3.63, 3.8) is 0 Å². The summed E-state index contributed by atoms with van der Waals surface area (Å²) in [4.78, 5) is 38.2. The Bertz CT molecular complexity index is 2410. The zero-order valence-electron chi connectivity index (χ0n) is 37.2. The normalized spacial score (nSPS) is 36.1. The monoisotopic (exact) mass is 870 g/mol. The third-order valence-electron chi connectivity index (χ3n) is 14.4. The molecular weight excluding hydrogens is 813 g/mol. The lowest BCUT2D eigenvalue weighted by Crippen LogP contribution is -2.79. The molecule has 1 spiro atoms. The average Bonchev–Trinajstić information content (AvgIpc) is 3.77. The van der Waals surface area contributed by atoms with E-state index in [4.69, 9.17) is 33.4 Å². The van der Waals surface area contributed by atoms with Gasteiger partial charge in [-0.3, -0.25) is 4.79 Å². The average molecular weight is 871 g/mol. The molecule has 4 N–H and O–H groups in total. The van der Waals surface area contributed by atoms with Crippen molar-refractivity contribution in [2.75, 3.05) is 13.7 Å². The van der Waals surface area contributed by atoms with Gasteiger partial charge < -0.3 is 48.8 Å².